The number of carbonyl (C=O) groups is 2. The van der Waals surface area contributed by atoms with Crippen LogP contribution in [0, 0.1) is 11.8 Å². The molecular weight excluding hydrogens is 353 g/mol. The molecule has 0 bridgehead atoms. The Balaban J connectivity index is 1.60. The van der Waals surface area contributed by atoms with Gasteiger partial charge in [0.1, 0.15) is 5.92 Å². The highest BCUT2D eigenvalue weighted by molar-refractivity contribution is 6.42. The van der Waals surface area contributed by atoms with Gasteiger partial charge in [0.15, 0.2) is 0 Å². The van der Waals surface area contributed by atoms with Gasteiger partial charge < -0.3 is 20.6 Å². The minimum atomic E-state index is -0.703. The molecule has 2 saturated heterocycles. The van der Waals surface area contributed by atoms with Crippen LogP contribution in [0.15, 0.2) is 18.2 Å². The summed E-state index contributed by atoms with van der Waals surface area (Å²) in [7, 11) is 0. The highest BCUT2D eigenvalue weighted by Gasteiger charge is 2.38. The fraction of sp³-hybridized carbons (Fsp3) is 0.500. The van der Waals surface area contributed by atoms with Gasteiger partial charge >= 0.3 is 0 Å². The Morgan fingerprint density at radius 2 is 2.12 bits per heavy atom. The molecule has 8 heteroatoms. The zero-order valence-corrected chi connectivity index (χ0v) is 14.5. The highest BCUT2D eigenvalue weighted by Crippen LogP contribution is 2.31. The number of hydrogen-bond acceptors (Lipinski definition) is 4. The first-order chi connectivity index (χ1) is 11.5. The van der Waals surface area contributed by atoms with Gasteiger partial charge in [-0.3, -0.25) is 9.59 Å². The summed E-state index contributed by atoms with van der Waals surface area (Å²) in [6.07, 6.45) is -0.00610. The van der Waals surface area contributed by atoms with E-state index in [1.807, 2.05) is 0 Å². The topological polar surface area (TPSA) is 81.7 Å². The normalized spacial score (nSPS) is 26.9. The minimum Gasteiger partial charge on any atom is -0.391 e. The second-order valence-electron chi connectivity index (χ2n) is 6.16. The Labute approximate surface area is 150 Å². The summed E-state index contributed by atoms with van der Waals surface area (Å²) in [5.41, 5.74) is 0.639. The molecule has 6 nitrogen and oxygen atoms in total. The average molecular weight is 372 g/mol. The van der Waals surface area contributed by atoms with E-state index in [9.17, 15) is 14.7 Å². The predicted octanol–water partition coefficient (Wildman–Crippen LogP) is 1.04. The van der Waals surface area contributed by atoms with Crippen molar-refractivity contribution in [1.29, 1.82) is 0 Å². The van der Waals surface area contributed by atoms with Crippen LogP contribution in [0.3, 0.4) is 0 Å². The maximum Gasteiger partial charge on any atom is 0.239 e. The van der Waals surface area contributed by atoms with Gasteiger partial charge in [0.25, 0.3) is 0 Å². The van der Waals surface area contributed by atoms with Crippen LogP contribution in [0.25, 0.3) is 0 Å². The number of nitrogens with zero attached hydrogens (tertiary/aromatic N) is 1. The third kappa shape index (κ3) is 3.52. The van der Waals surface area contributed by atoms with E-state index < -0.39 is 12.0 Å². The SMILES string of the molecule is O=C(NCC1CNCC1O)C1CCN(c2ccc(Cl)c(Cl)c2)C1=O. The lowest BCUT2D eigenvalue weighted by atomic mass is 10.0. The largest absolute Gasteiger partial charge is 0.391 e. The van der Waals surface area contributed by atoms with Crippen LogP contribution >= 0.6 is 23.2 Å². The highest BCUT2D eigenvalue weighted by atomic mass is 35.5. The molecule has 2 heterocycles. The summed E-state index contributed by atoms with van der Waals surface area (Å²) < 4.78 is 0. The number of amides is 2. The summed E-state index contributed by atoms with van der Waals surface area (Å²) in [5, 5.41) is 16.4. The van der Waals surface area contributed by atoms with Gasteiger partial charge in [-0.05, 0) is 24.6 Å². The zero-order chi connectivity index (χ0) is 17.3. The molecule has 2 amide bonds. The van der Waals surface area contributed by atoms with Crippen LogP contribution in [0.5, 0.6) is 0 Å². The Kier molecular flexibility index (Phi) is 5.30. The van der Waals surface area contributed by atoms with E-state index in [1.54, 1.807) is 23.1 Å². The second kappa shape index (κ2) is 7.27. The number of β-amino-alcohol motifs (C(OH)–C–C–N with tert-alkyl or cyclic N) is 1. The fourth-order valence-electron chi connectivity index (χ4n) is 3.11. The molecule has 2 aliphatic heterocycles. The van der Waals surface area contributed by atoms with Gasteiger partial charge in [0, 0.05) is 37.8 Å². The molecule has 0 saturated carbocycles. The molecule has 2 aliphatic rings. The maximum atomic E-state index is 12.5. The number of aliphatic hydroxyl groups is 1. The van der Waals surface area contributed by atoms with Crippen LogP contribution < -0.4 is 15.5 Å². The lowest BCUT2D eigenvalue weighted by molar-refractivity contribution is -0.132. The summed E-state index contributed by atoms with van der Waals surface area (Å²) in [5.74, 6) is -1.25. The van der Waals surface area contributed by atoms with Crippen LogP contribution in [0.1, 0.15) is 6.42 Å². The van der Waals surface area contributed by atoms with E-state index in [0.717, 1.165) is 0 Å². The third-order valence-electron chi connectivity index (χ3n) is 4.58. The number of hydrogen-bond donors (Lipinski definition) is 3. The van der Waals surface area contributed by atoms with E-state index in [2.05, 4.69) is 10.6 Å². The number of benzene rings is 1. The van der Waals surface area contributed by atoms with Crippen molar-refractivity contribution in [3.05, 3.63) is 28.2 Å². The monoisotopic (exact) mass is 371 g/mol. The van der Waals surface area contributed by atoms with E-state index >= 15 is 0 Å². The molecule has 3 N–H and O–H groups in total. The molecule has 3 rings (SSSR count). The molecule has 2 fully saturated rings. The predicted molar refractivity (Wildman–Crippen MR) is 92.3 cm³/mol. The number of nitrogens with one attached hydrogen (secondary N) is 2. The van der Waals surface area contributed by atoms with Crippen LogP contribution in [0.4, 0.5) is 5.69 Å². The van der Waals surface area contributed by atoms with Crippen molar-refractivity contribution in [2.24, 2.45) is 11.8 Å². The number of halogens is 2. The molecule has 130 valence electrons. The minimum absolute atomic E-state index is 0.0170. The van der Waals surface area contributed by atoms with Gasteiger partial charge in [0.2, 0.25) is 11.8 Å². The molecule has 3 unspecified atom stereocenters. The molecule has 1 aromatic rings. The summed E-state index contributed by atoms with van der Waals surface area (Å²) in [6.45, 7) is 2.02. The van der Waals surface area contributed by atoms with E-state index in [4.69, 9.17) is 23.2 Å². The molecule has 0 aliphatic carbocycles. The quantitative estimate of drug-likeness (QED) is 0.690. The van der Waals surface area contributed by atoms with Crippen molar-refractivity contribution in [1.82, 2.24) is 10.6 Å². The van der Waals surface area contributed by atoms with Crippen molar-refractivity contribution in [2.45, 2.75) is 12.5 Å². The maximum absolute atomic E-state index is 12.5. The smallest absolute Gasteiger partial charge is 0.239 e. The molecule has 0 spiro atoms. The average Bonchev–Trinajstić information content (AvgIpc) is 3.14. The fourth-order valence-corrected chi connectivity index (χ4v) is 3.41. The summed E-state index contributed by atoms with van der Waals surface area (Å²) >= 11 is 11.9. The van der Waals surface area contributed by atoms with Gasteiger partial charge in [-0.2, -0.15) is 0 Å². The first-order valence-corrected chi connectivity index (χ1v) is 8.66. The van der Waals surface area contributed by atoms with Crippen molar-refractivity contribution >= 4 is 40.7 Å². The lowest BCUT2D eigenvalue weighted by Gasteiger charge is -2.18. The molecule has 1 aromatic carbocycles. The number of aliphatic hydroxyl groups excluding tert-OH is 1. The van der Waals surface area contributed by atoms with Gasteiger partial charge in [-0.15, -0.1) is 0 Å². The van der Waals surface area contributed by atoms with Crippen molar-refractivity contribution in [3.63, 3.8) is 0 Å². The molecule has 0 aromatic heterocycles. The first-order valence-electron chi connectivity index (χ1n) is 7.90. The van der Waals surface area contributed by atoms with Crippen molar-refractivity contribution in [2.75, 3.05) is 31.1 Å². The number of carbonyl (C=O) groups excluding carboxylic acids is 2. The Bertz CT molecular complexity index is 655. The van der Waals surface area contributed by atoms with Crippen LogP contribution in [0.2, 0.25) is 10.0 Å². The van der Waals surface area contributed by atoms with E-state index in [-0.39, 0.29) is 17.7 Å². The molecular formula is C16H19Cl2N3O3. The van der Waals surface area contributed by atoms with Gasteiger partial charge in [0.05, 0.1) is 16.1 Å². The van der Waals surface area contributed by atoms with Gasteiger partial charge in [-0.25, -0.2) is 0 Å². The number of anilines is 1. The second-order valence-corrected chi connectivity index (χ2v) is 6.97. The Morgan fingerprint density at radius 1 is 1.33 bits per heavy atom. The Hall–Kier alpha value is -1.34. The van der Waals surface area contributed by atoms with Crippen molar-refractivity contribution < 1.29 is 14.7 Å². The molecule has 3 atom stereocenters. The Morgan fingerprint density at radius 3 is 2.79 bits per heavy atom. The lowest BCUT2D eigenvalue weighted by Crippen LogP contribution is -2.40. The summed E-state index contributed by atoms with van der Waals surface area (Å²) in [6, 6.07) is 4.98. The zero-order valence-electron chi connectivity index (χ0n) is 13.0. The first kappa shape index (κ1) is 17.5. The molecule has 0 radical (unpaired) electrons. The van der Waals surface area contributed by atoms with Gasteiger partial charge in [-0.1, -0.05) is 23.2 Å². The van der Waals surface area contributed by atoms with E-state index in [0.29, 0.717) is 48.3 Å². The van der Waals surface area contributed by atoms with Crippen LogP contribution in [-0.2, 0) is 9.59 Å². The standard InChI is InChI=1S/C16H19Cl2N3O3/c17-12-2-1-10(5-13(12)18)21-4-3-11(16(21)24)15(23)20-7-9-6-19-8-14(9)22/h1-2,5,9,11,14,19,22H,3-4,6-8H2,(H,20,23). The van der Waals surface area contributed by atoms with Crippen LogP contribution in [-0.4, -0.2) is 49.2 Å². The van der Waals surface area contributed by atoms with Crippen molar-refractivity contribution in [3.8, 4) is 0 Å². The molecule has 24 heavy (non-hydrogen) atoms. The summed E-state index contributed by atoms with van der Waals surface area (Å²) in [4.78, 5) is 26.4. The van der Waals surface area contributed by atoms with E-state index in [1.165, 1.54) is 0 Å². The number of rotatable bonds is 4. The third-order valence-corrected chi connectivity index (χ3v) is 5.32.